The van der Waals surface area contributed by atoms with E-state index in [9.17, 15) is 4.79 Å². The van der Waals surface area contributed by atoms with Crippen LogP contribution in [0.2, 0.25) is 0 Å². The Kier molecular flexibility index (Phi) is 7.38. The van der Waals surface area contributed by atoms with Crippen LogP contribution in [0.25, 0.3) is 10.6 Å². The molecule has 0 spiro atoms. The van der Waals surface area contributed by atoms with Gasteiger partial charge in [-0.3, -0.25) is 4.79 Å². The average molecular weight is 410 g/mol. The van der Waals surface area contributed by atoms with Crippen molar-refractivity contribution in [2.45, 2.75) is 19.8 Å². The summed E-state index contributed by atoms with van der Waals surface area (Å²) in [7, 11) is 4.13. The van der Waals surface area contributed by atoms with Gasteiger partial charge in [0.2, 0.25) is 5.91 Å². The van der Waals surface area contributed by atoms with Crippen molar-refractivity contribution in [3.8, 4) is 16.3 Å². The van der Waals surface area contributed by atoms with Crippen molar-refractivity contribution in [1.29, 1.82) is 0 Å². The van der Waals surface area contributed by atoms with Gasteiger partial charge in [-0.2, -0.15) is 0 Å². The van der Waals surface area contributed by atoms with Gasteiger partial charge < -0.3 is 15.0 Å². The van der Waals surface area contributed by atoms with E-state index in [2.05, 4.69) is 41.4 Å². The third-order valence-corrected chi connectivity index (χ3v) is 5.32. The highest BCUT2D eigenvalue weighted by Gasteiger charge is 2.12. The summed E-state index contributed by atoms with van der Waals surface area (Å²) in [6, 6.07) is 15.9. The molecule has 1 N–H and O–H groups in total. The van der Waals surface area contributed by atoms with Crippen molar-refractivity contribution >= 4 is 22.9 Å². The number of ether oxygens (including phenoxy) is 1. The van der Waals surface area contributed by atoms with Gasteiger partial charge in [-0.1, -0.05) is 24.3 Å². The number of benzene rings is 2. The van der Waals surface area contributed by atoms with E-state index in [0.717, 1.165) is 40.7 Å². The fraction of sp³-hybridized carbons (Fsp3) is 0.304. The zero-order valence-corrected chi connectivity index (χ0v) is 18.0. The number of carbonyl (C=O) groups is 1. The molecule has 0 bridgehead atoms. The number of para-hydroxylation sites is 1. The molecule has 152 valence electrons. The Balaban J connectivity index is 1.59. The number of aromatic nitrogens is 1. The first-order chi connectivity index (χ1) is 14.0. The van der Waals surface area contributed by atoms with Crippen molar-refractivity contribution in [3.63, 3.8) is 0 Å². The zero-order chi connectivity index (χ0) is 20.6. The number of anilines is 1. The minimum Gasteiger partial charge on any atom is -0.493 e. The summed E-state index contributed by atoms with van der Waals surface area (Å²) in [6.45, 7) is 3.57. The standard InChI is InChI=1S/C23H27N3O2S/c1-4-28-21-8-6-5-7-20(21)23-25-19(16-29-23)15-22(27)24-18-11-9-17(10-12-18)13-14-26(2)3/h5-12,16H,4,13-15H2,1-3H3,(H,24,27). The Labute approximate surface area is 176 Å². The molecule has 0 saturated heterocycles. The van der Waals surface area contributed by atoms with Gasteiger partial charge in [0.05, 0.1) is 24.3 Å². The molecule has 6 heteroatoms. The van der Waals surface area contributed by atoms with Gasteiger partial charge in [0.25, 0.3) is 0 Å². The van der Waals surface area contributed by atoms with E-state index in [1.165, 1.54) is 16.9 Å². The third kappa shape index (κ3) is 6.14. The number of amides is 1. The van der Waals surface area contributed by atoms with E-state index < -0.39 is 0 Å². The predicted octanol–water partition coefficient (Wildman–Crippen LogP) is 4.49. The molecule has 0 aliphatic rings. The second kappa shape index (κ2) is 10.2. The number of thiazole rings is 1. The fourth-order valence-electron chi connectivity index (χ4n) is 2.91. The van der Waals surface area contributed by atoms with Crippen LogP contribution in [-0.2, 0) is 17.6 Å². The summed E-state index contributed by atoms with van der Waals surface area (Å²) in [6.07, 6.45) is 1.24. The maximum absolute atomic E-state index is 12.4. The van der Waals surface area contributed by atoms with Crippen molar-refractivity contribution < 1.29 is 9.53 Å². The molecule has 0 fully saturated rings. The molecule has 0 radical (unpaired) electrons. The van der Waals surface area contributed by atoms with Gasteiger partial charge >= 0.3 is 0 Å². The number of hydrogen-bond acceptors (Lipinski definition) is 5. The lowest BCUT2D eigenvalue weighted by Gasteiger charge is -2.10. The first kappa shape index (κ1) is 21.0. The molecule has 3 rings (SSSR count). The van der Waals surface area contributed by atoms with E-state index in [4.69, 9.17) is 4.74 Å². The Bertz CT molecular complexity index is 935. The molecular formula is C23H27N3O2S. The first-order valence-corrected chi connectivity index (χ1v) is 10.6. The highest BCUT2D eigenvalue weighted by molar-refractivity contribution is 7.13. The van der Waals surface area contributed by atoms with Crippen LogP contribution in [0.4, 0.5) is 5.69 Å². The predicted molar refractivity (Wildman–Crippen MR) is 120 cm³/mol. The van der Waals surface area contributed by atoms with Crippen molar-refractivity contribution in [1.82, 2.24) is 9.88 Å². The van der Waals surface area contributed by atoms with E-state index in [-0.39, 0.29) is 12.3 Å². The molecule has 3 aromatic rings. The first-order valence-electron chi connectivity index (χ1n) is 9.75. The number of likely N-dealkylation sites (N-methyl/N-ethyl adjacent to an activating group) is 1. The quantitative estimate of drug-likeness (QED) is 0.566. The second-order valence-electron chi connectivity index (χ2n) is 7.05. The lowest BCUT2D eigenvalue weighted by Crippen LogP contribution is -2.15. The van der Waals surface area contributed by atoms with Crippen LogP contribution in [0.3, 0.4) is 0 Å². The second-order valence-corrected chi connectivity index (χ2v) is 7.91. The van der Waals surface area contributed by atoms with Crippen LogP contribution in [0.5, 0.6) is 5.75 Å². The Morgan fingerprint density at radius 3 is 2.62 bits per heavy atom. The molecule has 0 unspecified atom stereocenters. The summed E-state index contributed by atoms with van der Waals surface area (Å²) in [4.78, 5) is 19.2. The fourth-order valence-corrected chi connectivity index (χ4v) is 3.76. The molecule has 1 aromatic heterocycles. The molecule has 0 aliphatic heterocycles. The van der Waals surface area contributed by atoms with Crippen LogP contribution in [0.15, 0.2) is 53.9 Å². The number of carbonyl (C=O) groups excluding carboxylic acids is 1. The maximum Gasteiger partial charge on any atom is 0.230 e. The normalized spacial score (nSPS) is 10.9. The smallest absolute Gasteiger partial charge is 0.230 e. The maximum atomic E-state index is 12.4. The zero-order valence-electron chi connectivity index (χ0n) is 17.1. The highest BCUT2D eigenvalue weighted by atomic mass is 32.1. The largest absolute Gasteiger partial charge is 0.493 e. The summed E-state index contributed by atoms with van der Waals surface area (Å²) in [5.74, 6) is 0.746. The topological polar surface area (TPSA) is 54.5 Å². The van der Waals surface area contributed by atoms with Gasteiger partial charge in [-0.15, -0.1) is 11.3 Å². The lowest BCUT2D eigenvalue weighted by molar-refractivity contribution is -0.115. The minimum atomic E-state index is -0.0685. The molecule has 0 saturated carbocycles. The van der Waals surface area contributed by atoms with E-state index in [0.29, 0.717) is 6.61 Å². The van der Waals surface area contributed by atoms with Crippen LogP contribution >= 0.6 is 11.3 Å². The Morgan fingerprint density at radius 2 is 1.90 bits per heavy atom. The summed E-state index contributed by atoms with van der Waals surface area (Å²) >= 11 is 1.53. The molecule has 1 heterocycles. The SMILES string of the molecule is CCOc1ccccc1-c1nc(CC(=O)Nc2ccc(CCN(C)C)cc2)cs1. The van der Waals surface area contributed by atoms with E-state index in [1.54, 1.807) is 0 Å². The average Bonchev–Trinajstić information content (AvgIpc) is 3.16. The van der Waals surface area contributed by atoms with Gasteiger partial charge in [0, 0.05) is 17.6 Å². The molecule has 0 aliphatic carbocycles. The van der Waals surface area contributed by atoms with Gasteiger partial charge in [-0.25, -0.2) is 4.98 Å². The molecular weight excluding hydrogens is 382 g/mol. The van der Waals surface area contributed by atoms with Crippen LogP contribution < -0.4 is 10.1 Å². The van der Waals surface area contributed by atoms with Gasteiger partial charge in [0.15, 0.2) is 0 Å². The highest BCUT2D eigenvalue weighted by Crippen LogP contribution is 2.32. The number of rotatable bonds is 9. The monoisotopic (exact) mass is 409 g/mol. The van der Waals surface area contributed by atoms with Crippen molar-refractivity contribution in [3.05, 3.63) is 65.2 Å². The van der Waals surface area contributed by atoms with Crippen molar-refractivity contribution in [2.75, 3.05) is 32.6 Å². The minimum absolute atomic E-state index is 0.0685. The number of hydrogen-bond donors (Lipinski definition) is 1. The molecule has 29 heavy (non-hydrogen) atoms. The summed E-state index contributed by atoms with van der Waals surface area (Å²) < 4.78 is 5.69. The lowest BCUT2D eigenvalue weighted by atomic mass is 10.1. The molecule has 2 aromatic carbocycles. The van der Waals surface area contributed by atoms with Crippen LogP contribution in [-0.4, -0.2) is 43.0 Å². The summed E-state index contributed by atoms with van der Waals surface area (Å²) in [5, 5.41) is 5.75. The van der Waals surface area contributed by atoms with Gasteiger partial charge in [-0.05, 0) is 57.3 Å². The number of nitrogens with zero attached hydrogens (tertiary/aromatic N) is 2. The third-order valence-electron chi connectivity index (χ3n) is 4.40. The van der Waals surface area contributed by atoms with Crippen LogP contribution in [0.1, 0.15) is 18.2 Å². The van der Waals surface area contributed by atoms with Gasteiger partial charge in [0.1, 0.15) is 10.8 Å². The van der Waals surface area contributed by atoms with Crippen LogP contribution in [0, 0.1) is 0 Å². The summed E-state index contributed by atoms with van der Waals surface area (Å²) in [5.41, 5.74) is 3.78. The van der Waals surface area contributed by atoms with E-state index >= 15 is 0 Å². The van der Waals surface area contributed by atoms with Crippen molar-refractivity contribution in [2.24, 2.45) is 0 Å². The molecule has 0 atom stereocenters. The molecule has 5 nitrogen and oxygen atoms in total. The Morgan fingerprint density at radius 1 is 1.14 bits per heavy atom. The Hall–Kier alpha value is -2.70. The molecule has 1 amide bonds. The number of nitrogens with one attached hydrogen (secondary N) is 1. The van der Waals surface area contributed by atoms with E-state index in [1.807, 2.05) is 48.7 Å².